The fraction of sp³-hybridized carbons (Fsp3) is 0.375. The Balaban J connectivity index is 2.86. The highest BCUT2D eigenvalue weighted by Gasteiger charge is 2.15. The molecule has 0 saturated heterocycles. The van der Waals surface area contributed by atoms with Crippen molar-refractivity contribution in [2.24, 2.45) is 0 Å². The van der Waals surface area contributed by atoms with Gasteiger partial charge in [0.2, 0.25) is 10.0 Å². The van der Waals surface area contributed by atoms with Gasteiger partial charge in [-0.1, -0.05) is 23.2 Å². The van der Waals surface area contributed by atoms with Crippen LogP contribution >= 0.6 is 35.0 Å². The Morgan fingerprint density at radius 2 is 2.19 bits per heavy atom. The van der Waals surface area contributed by atoms with Crippen molar-refractivity contribution in [3.8, 4) is 0 Å². The van der Waals surface area contributed by atoms with Gasteiger partial charge in [0, 0.05) is 18.5 Å². The first kappa shape index (κ1) is 14.1. The predicted octanol–water partition coefficient (Wildman–Crippen LogP) is 2.03. The number of nitrogens with one attached hydrogen (secondary N) is 1. The van der Waals surface area contributed by atoms with E-state index in [4.69, 9.17) is 23.2 Å². The lowest BCUT2D eigenvalue weighted by Crippen LogP contribution is -2.26. The highest BCUT2D eigenvalue weighted by atomic mass is 35.5. The number of nitrogens with zero attached hydrogens (tertiary/aromatic N) is 1. The maximum absolute atomic E-state index is 11.7. The Morgan fingerprint density at radius 3 is 2.75 bits per heavy atom. The van der Waals surface area contributed by atoms with Crippen molar-refractivity contribution in [1.29, 1.82) is 0 Å². The molecule has 4 nitrogen and oxygen atoms in total. The largest absolute Gasteiger partial charge is 0.242 e. The van der Waals surface area contributed by atoms with Gasteiger partial charge in [-0.25, -0.2) is 18.1 Å². The Hall–Kier alpha value is -0.0100. The summed E-state index contributed by atoms with van der Waals surface area (Å²) >= 11 is 12.8. The molecule has 0 amide bonds. The number of pyridine rings is 1. The van der Waals surface area contributed by atoms with E-state index in [-0.39, 0.29) is 15.1 Å². The predicted molar refractivity (Wildman–Crippen MR) is 67.8 cm³/mol. The van der Waals surface area contributed by atoms with Gasteiger partial charge in [-0.3, -0.25) is 0 Å². The topological polar surface area (TPSA) is 59.1 Å². The van der Waals surface area contributed by atoms with Gasteiger partial charge in [0.15, 0.2) is 0 Å². The second kappa shape index (κ2) is 6.07. The first-order chi connectivity index (χ1) is 7.47. The zero-order chi connectivity index (χ0) is 12.2. The van der Waals surface area contributed by atoms with Gasteiger partial charge >= 0.3 is 0 Å². The van der Waals surface area contributed by atoms with E-state index in [1.807, 2.05) is 6.26 Å². The molecule has 0 saturated carbocycles. The Kier molecular flexibility index (Phi) is 5.33. The summed E-state index contributed by atoms with van der Waals surface area (Å²) in [7, 11) is -3.54. The van der Waals surface area contributed by atoms with Gasteiger partial charge in [0.25, 0.3) is 0 Å². The molecule has 1 N–H and O–H groups in total. The van der Waals surface area contributed by atoms with E-state index in [9.17, 15) is 8.42 Å². The molecular formula is C8H10Cl2N2O2S2. The summed E-state index contributed by atoms with van der Waals surface area (Å²) < 4.78 is 25.8. The highest BCUT2D eigenvalue weighted by Crippen LogP contribution is 2.21. The molecule has 0 unspecified atom stereocenters. The molecule has 1 heterocycles. The summed E-state index contributed by atoms with van der Waals surface area (Å²) in [5.41, 5.74) is 0. The van der Waals surface area contributed by atoms with Crippen molar-refractivity contribution in [3.05, 3.63) is 22.4 Å². The summed E-state index contributed by atoms with van der Waals surface area (Å²) in [6.07, 6.45) is 3.07. The number of thioether (sulfide) groups is 1. The van der Waals surface area contributed by atoms with E-state index in [1.54, 1.807) is 11.8 Å². The molecule has 16 heavy (non-hydrogen) atoms. The van der Waals surface area contributed by atoms with Crippen molar-refractivity contribution in [2.75, 3.05) is 18.6 Å². The smallest absolute Gasteiger partial charge is 0.242 e. The van der Waals surface area contributed by atoms with E-state index >= 15 is 0 Å². The Labute approximate surface area is 109 Å². The number of hydrogen-bond donors (Lipinski definition) is 1. The average molecular weight is 301 g/mol. The van der Waals surface area contributed by atoms with Crippen molar-refractivity contribution < 1.29 is 8.42 Å². The Morgan fingerprint density at radius 1 is 1.50 bits per heavy atom. The van der Waals surface area contributed by atoms with Gasteiger partial charge in [-0.2, -0.15) is 11.8 Å². The van der Waals surface area contributed by atoms with E-state index < -0.39 is 10.0 Å². The zero-order valence-electron chi connectivity index (χ0n) is 8.41. The van der Waals surface area contributed by atoms with Crippen LogP contribution in [0.25, 0.3) is 0 Å². The highest BCUT2D eigenvalue weighted by molar-refractivity contribution is 7.98. The molecule has 0 bridgehead atoms. The van der Waals surface area contributed by atoms with Crippen LogP contribution in [0.2, 0.25) is 10.2 Å². The molecular weight excluding hydrogens is 291 g/mol. The van der Waals surface area contributed by atoms with Crippen LogP contribution in [0.4, 0.5) is 0 Å². The fourth-order valence-electron chi connectivity index (χ4n) is 0.912. The van der Waals surface area contributed by atoms with Gasteiger partial charge in [0.1, 0.15) is 10.0 Å². The SMILES string of the molecule is CSCCNS(=O)(=O)c1cnc(Cl)c(Cl)c1. The van der Waals surface area contributed by atoms with E-state index in [1.165, 1.54) is 12.3 Å². The second-order valence-corrected chi connectivity index (χ2v) is 6.35. The molecule has 0 fully saturated rings. The lowest BCUT2D eigenvalue weighted by Gasteiger charge is -2.06. The van der Waals surface area contributed by atoms with E-state index in [2.05, 4.69) is 9.71 Å². The minimum absolute atomic E-state index is 0.0167. The van der Waals surface area contributed by atoms with Crippen LogP contribution < -0.4 is 4.72 Å². The fourth-order valence-corrected chi connectivity index (χ4v) is 2.68. The van der Waals surface area contributed by atoms with Gasteiger partial charge < -0.3 is 0 Å². The molecule has 0 atom stereocenters. The summed E-state index contributed by atoms with van der Waals surface area (Å²) in [5, 5.41) is 0.208. The van der Waals surface area contributed by atoms with Gasteiger partial charge in [0.05, 0.1) is 5.02 Å². The first-order valence-electron chi connectivity index (χ1n) is 4.27. The van der Waals surface area contributed by atoms with Crippen LogP contribution in [0.15, 0.2) is 17.2 Å². The normalized spacial score (nSPS) is 11.7. The minimum Gasteiger partial charge on any atom is -0.242 e. The van der Waals surface area contributed by atoms with Crippen LogP contribution in [-0.4, -0.2) is 32.0 Å². The first-order valence-corrected chi connectivity index (χ1v) is 7.90. The third kappa shape index (κ3) is 3.78. The maximum Gasteiger partial charge on any atom is 0.242 e. The second-order valence-electron chi connectivity index (χ2n) is 2.83. The number of aromatic nitrogens is 1. The lowest BCUT2D eigenvalue weighted by molar-refractivity contribution is 0.584. The molecule has 0 radical (unpaired) electrons. The molecule has 0 aliphatic rings. The van der Waals surface area contributed by atoms with Gasteiger partial charge in [-0.15, -0.1) is 0 Å². The van der Waals surface area contributed by atoms with Crippen LogP contribution in [0, 0.1) is 0 Å². The van der Waals surface area contributed by atoms with Crippen molar-refractivity contribution in [2.45, 2.75) is 4.90 Å². The summed E-state index contributed by atoms with van der Waals surface area (Å²) in [5.74, 6) is 0.702. The molecule has 0 aliphatic heterocycles. The standard InChI is InChI=1S/C8H10Cl2N2O2S2/c1-15-3-2-12-16(13,14)6-4-7(9)8(10)11-5-6/h4-5,12H,2-3H2,1H3. The molecule has 1 rings (SSSR count). The van der Waals surface area contributed by atoms with E-state index in [0.29, 0.717) is 12.3 Å². The number of sulfonamides is 1. The van der Waals surface area contributed by atoms with Crippen molar-refractivity contribution in [3.63, 3.8) is 0 Å². The lowest BCUT2D eigenvalue weighted by atomic mass is 10.5. The van der Waals surface area contributed by atoms with Gasteiger partial charge in [-0.05, 0) is 12.3 Å². The minimum atomic E-state index is -3.54. The summed E-state index contributed by atoms with van der Waals surface area (Å²) in [6.45, 7) is 0.365. The van der Waals surface area contributed by atoms with Crippen molar-refractivity contribution >= 4 is 45.0 Å². The zero-order valence-corrected chi connectivity index (χ0v) is 11.5. The average Bonchev–Trinajstić information content (AvgIpc) is 2.22. The molecule has 1 aromatic rings. The Bertz CT molecular complexity index is 465. The van der Waals surface area contributed by atoms with Crippen LogP contribution in [0.1, 0.15) is 0 Å². The molecule has 1 aromatic heterocycles. The van der Waals surface area contributed by atoms with E-state index in [0.717, 1.165) is 0 Å². The van der Waals surface area contributed by atoms with Crippen molar-refractivity contribution in [1.82, 2.24) is 9.71 Å². The number of hydrogen-bond acceptors (Lipinski definition) is 4. The number of rotatable bonds is 5. The monoisotopic (exact) mass is 300 g/mol. The number of halogens is 2. The van der Waals surface area contributed by atoms with Crippen LogP contribution in [0.3, 0.4) is 0 Å². The summed E-state index contributed by atoms with van der Waals surface area (Å²) in [4.78, 5) is 3.70. The molecule has 90 valence electrons. The summed E-state index contributed by atoms with van der Waals surface area (Å²) in [6, 6.07) is 1.28. The quantitative estimate of drug-likeness (QED) is 0.668. The molecule has 0 aliphatic carbocycles. The van der Waals surface area contributed by atoms with Crippen LogP contribution in [0.5, 0.6) is 0 Å². The maximum atomic E-state index is 11.7. The molecule has 0 aromatic carbocycles. The molecule has 0 spiro atoms. The third-order valence-electron chi connectivity index (χ3n) is 1.68. The third-order valence-corrected chi connectivity index (χ3v) is 4.41. The van der Waals surface area contributed by atoms with Crippen LogP contribution in [-0.2, 0) is 10.0 Å². The molecule has 8 heteroatoms.